The van der Waals surface area contributed by atoms with Crippen LogP contribution in [0.3, 0.4) is 0 Å². The van der Waals surface area contributed by atoms with Crippen molar-refractivity contribution in [3.8, 4) is 0 Å². The zero-order valence-corrected chi connectivity index (χ0v) is 11.0. The summed E-state index contributed by atoms with van der Waals surface area (Å²) in [5, 5.41) is 3.44. The number of rotatable bonds is 2. The van der Waals surface area contributed by atoms with Crippen LogP contribution in [0, 0.1) is 0 Å². The van der Waals surface area contributed by atoms with E-state index in [1.165, 1.54) is 42.9 Å². The molecule has 94 valence electrons. The Morgan fingerprint density at radius 3 is 2.76 bits per heavy atom. The maximum Gasteiger partial charge on any atom is 0.112 e. The second kappa shape index (κ2) is 4.45. The van der Waals surface area contributed by atoms with E-state index in [2.05, 4.69) is 23.7 Å². The van der Waals surface area contributed by atoms with Crippen molar-refractivity contribution in [1.29, 1.82) is 0 Å². The fourth-order valence-corrected chi connectivity index (χ4v) is 3.33. The quantitative estimate of drug-likeness (QED) is 0.851. The van der Waals surface area contributed by atoms with Crippen LogP contribution in [0.1, 0.15) is 68.7 Å². The van der Waals surface area contributed by atoms with Crippen LogP contribution in [0.4, 0.5) is 0 Å². The number of imidazole rings is 1. The Morgan fingerprint density at radius 2 is 2.06 bits per heavy atom. The van der Waals surface area contributed by atoms with E-state index < -0.39 is 0 Å². The normalized spacial score (nSPS) is 21.1. The molecule has 1 N–H and O–H groups in total. The SMILES string of the molecule is CC(C)c1nc2c(n1C1CCCC1)CCNC2. The lowest BCUT2D eigenvalue weighted by molar-refractivity contribution is 0.463. The van der Waals surface area contributed by atoms with Crippen LogP contribution < -0.4 is 5.32 Å². The molecule has 0 saturated heterocycles. The lowest BCUT2D eigenvalue weighted by Crippen LogP contribution is -2.25. The van der Waals surface area contributed by atoms with Crippen LogP contribution >= 0.6 is 0 Å². The molecule has 1 aromatic rings. The fraction of sp³-hybridized carbons (Fsp3) is 0.786. The minimum absolute atomic E-state index is 0.543. The van der Waals surface area contributed by atoms with Gasteiger partial charge < -0.3 is 9.88 Å². The lowest BCUT2D eigenvalue weighted by Gasteiger charge is -2.22. The first-order valence-electron chi connectivity index (χ1n) is 7.08. The fourth-order valence-electron chi connectivity index (χ4n) is 3.33. The number of nitrogens with one attached hydrogen (secondary N) is 1. The summed E-state index contributed by atoms with van der Waals surface area (Å²) in [6, 6.07) is 0.738. The first kappa shape index (κ1) is 11.3. The molecule has 0 bridgehead atoms. The maximum absolute atomic E-state index is 4.90. The van der Waals surface area contributed by atoms with E-state index in [0.29, 0.717) is 5.92 Å². The van der Waals surface area contributed by atoms with Crippen molar-refractivity contribution in [2.45, 2.75) is 64.5 Å². The first-order chi connectivity index (χ1) is 8.27. The van der Waals surface area contributed by atoms with Crippen molar-refractivity contribution in [1.82, 2.24) is 14.9 Å². The molecule has 1 saturated carbocycles. The van der Waals surface area contributed by atoms with Gasteiger partial charge in [0.1, 0.15) is 5.82 Å². The molecule has 0 spiro atoms. The largest absolute Gasteiger partial charge is 0.328 e. The molecule has 1 fully saturated rings. The molecule has 0 aromatic carbocycles. The average Bonchev–Trinajstić information content (AvgIpc) is 2.94. The van der Waals surface area contributed by atoms with Crippen molar-refractivity contribution < 1.29 is 0 Å². The summed E-state index contributed by atoms with van der Waals surface area (Å²) in [5.74, 6) is 1.87. The molecule has 0 unspecified atom stereocenters. The molecular formula is C14H23N3. The lowest BCUT2D eigenvalue weighted by atomic mass is 10.1. The van der Waals surface area contributed by atoms with Gasteiger partial charge in [-0.2, -0.15) is 0 Å². The second-order valence-corrected chi connectivity index (χ2v) is 5.75. The standard InChI is InChI=1S/C14H23N3/c1-10(2)14-16-12-9-15-8-7-13(12)17(14)11-5-3-4-6-11/h10-11,15H,3-9H2,1-2H3. The van der Waals surface area contributed by atoms with Gasteiger partial charge >= 0.3 is 0 Å². The predicted octanol–water partition coefficient (Wildman–Crippen LogP) is 2.77. The monoisotopic (exact) mass is 233 g/mol. The van der Waals surface area contributed by atoms with E-state index in [4.69, 9.17) is 4.98 Å². The topological polar surface area (TPSA) is 29.9 Å². The second-order valence-electron chi connectivity index (χ2n) is 5.75. The van der Waals surface area contributed by atoms with Crippen molar-refractivity contribution in [3.63, 3.8) is 0 Å². The minimum atomic E-state index is 0.543. The molecule has 3 nitrogen and oxygen atoms in total. The highest BCUT2D eigenvalue weighted by Crippen LogP contribution is 2.35. The molecular weight excluding hydrogens is 210 g/mol. The first-order valence-corrected chi connectivity index (χ1v) is 7.08. The zero-order chi connectivity index (χ0) is 11.8. The molecule has 0 amide bonds. The Labute approximate surface area is 104 Å². The maximum atomic E-state index is 4.90. The summed E-state index contributed by atoms with van der Waals surface area (Å²) in [6.07, 6.45) is 6.66. The molecule has 1 aromatic heterocycles. The van der Waals surface area contributed by atoms with Gasteiger partial charge in [-0.05, 0) is 12.8 Å². The van der Waals surface area contributed by atoms with Gasteiger partial charge in [-0.1, -0.05) is 26.7 Å². The predicted molar refractivity (Wildman–Crippen MR) is 69.2 cm³/mol. The number of hydrogen-bond acceptors (Lipinski definition) is 2. The molecule has 3 heteroatoms. The van der Waals surface area contributed by atoms with E-state index in [0.717, 1.165) is 25.6 Å². The van der Waals surface area contributed by atoms with Gasteiger partial charge in [-0.15, -0.1) is 0 Å². The highest BCUT2D eigenvalue weighted by atomic mass is 15.1. The van der Waals surface area contributed by atoms with E-state index in [1.807, 2.05) is 0 Å². The average molecular weight is 233 g/mol. The number of nitrogens with zero attached hydrogens (tertiary/aromatic N) is 2. The van der Waals surface area contributed by atoms with Gasteiger partial charge in [0.15, 0.2) is 0 Å². The zero-order valence-electron chi connectivity index (χ0n) is 11.0. The Morgan fingerprint density at radius 1 is 1.29 bits per heavy atom. The van der Waals surface area contributed by atoms with Crippen molar-refractivity contribution >= 4 is 0 Å². The third-order valence-corrected chi connectivity index (χ3v) is 4.16. The van der Waals surface area contributed by atoms with Gasteiger partial charge in [-0.3, -0.25) is 0 Å². The number of aromatic nitrogens is 2. The molecule has 1 aliphatic heterocycles. The Bertz CT molecular complexity index is 400. The summed E-state index contributed by atoms with van der Waals surface area (Å²) in [6.45, 7) is 6.62. The van der Waals surface area contributed by atoms with Gasteiger partial charge in [-0.25, -0.2) is 4.98 Å². The molecule has 17 heavy (non-hydrogen) atoms. The van der Waals surface area contributed by atoms with Crippen molar-refractivity contribution in [2.24, 2.45) is 0 Å². The molecule has 0 atom stereocenters. The van der Waals surface area contributed by atoms with Crippen molar-refractivity contribution in [2.75, 3.05) is 6.54 Å². The van der Waals surface area contributed by atoms with Crippen LogP contribution in [0.2, 0.25) is 0 Å². The highest BCUT2D eigenvalue weighted by molar-refractivity contribution is 5.23. The molecule has 3 rings (SSSR count). The van der Waals surface area contributed by atoms with Crippen molar-refractivity contribution in [3.05, 3.63) is 17.2 Å². The number of hydrogen-bond donors (Lipinski definition) is 1. The Hall–Kier alpha value is -0.830. The summed E-state index contributed by atoms with van der Waals surface area (Å²) in [4.78, 5) is 4.90. The molecule has 2 heterocycles. The Balaban J connectivity index is 2.05. The van der Waals surface area contributed by atoms with E-state index in [9.17, 15) is 0 Å². The van der Waals surface area contributed by atoms with Crippen LogP contribution in [-0.2, 0) is 13.0 Å². The van der Waals surface area contributed by atoms with Gasteiger partial charge in [0.05, 0.1) is 5.69 Å². The molecule has 0 radical (unpaired) electrons. The summed E-state index contributed by atoms with van der Waals surface area (Å²) < 4.78 is 2.60. The van der Waals surface area contributed by atoms with Gasteiger partial charge in [0.2, 0.25) is 0 Å². The Kier molecular flexibility index (Phi) is 2.95. The highest BCUT2D eigenvalue weighted by Gasteiger charge is 2.27. The van der Waals surface area contributed by atoms with E-state index in [1.54, 1.807) is 0 Å². The molecule has 1 aliphatic carbocycles. The number of fused-ring (bicyclic) bond motifs is 1. The van der Waals surface area contributed by atoms with E-state index >= 15 is 0 Å². The van der Waals surface area contributed by atoms with Crippen LogP contribution in [0.25, 0.3) is 0 Å². The third kappa shape index (κ3) is 1.90. The van der Waals surface area contributed by atoms with Crippen LogP contribution in [0.15, 0.2) is 0 Å². The van der Waals surface area contributed by atoms with Gasteiger partial charge in [0, 0.05) is 37.2 Å². The smallest absolute Gasteiger partial charge is 0.112 e. The minimum Gasteiger partial charge on any atom is -0.328 e. The third-order valence-electron chi connectivity index (χ3n) is 4.16. The van der Waals surface area contributed by atoms with Crippen LogP contribution in [-0.4, -0.2) is 16.1 Å². The van der Waals surface area contributed by atoms with Crippen LogP contribution in [0.5, 0.6) is 0 Å². The summed E-state index contributed by atoms with van der Waals surface area (Å²) >= 11 is 0. The van der Waals surface area contributed by atoms with E-state index in [-0.39, 0.29) is 0 Å². The molecule has 2 aliphatic rings. The summed E-state index contributed by atoms with van der Waals surface area (Å²) in [7, 11) is 0. The summed E-state index contributed by atoms with van der Waals surface area (Å²) in [5.41, 5.74) is 2.84. The van der Waals surface area contributed by atoms with Gasteiger partial charge in [0.25, 0.3) is 0 Å².